The maximum atomic E-state index is 10.1. The van der Waals surface area contributed by atoms with Gasteiger partial charge in [-0.2, -0.15) is 0 Å². The molecular formula is C10H13O2. The fraction of sp³-hybridized carbons (Fsp3) is 0.400. The van der Waals surface area contributed by atoms with Crippen molar-refractivity contribution in [2.45, 2.75) is 13.0 Å². The predicted octanol–water partition coefficient (Wildman–Crippen LogP) is 2.19. The Balaban J connectivity index is 2.48. The van der Waals surface area contributed by atoms with Gasteiger partial charge < -0.3 is 4.74 Å². The molecule has 1 rings (SSSR count). The average Bonchev–Trinajstić information content (AvgIpc) is 2.15. The second-order valence-electron chi connectivity index (χ2n) is 2.63. The van der Waals surface area contributed by atoms with Crippen molar-refractivity contribution < 1.29 is 9.84 Å². The summed E-state index contributed by atoms with van der Waals surface area (Å²) in [6, 6.07) is 9.88. The number of ether oxygens (including phenoxy) is 1. The summed E-state index contributed by atoms with van der Waals surface area (Å²) >= 11 is 0. The molecule has 0 fully saturated rings. The number of hydrogen-bond donors (Lipinski definition) is 0. The lowest BCUT2D eigenvalue weighted by atomic mass is 10.1. The molecule has 0 aliphatic carbocycles. The van der Waals surface area contributed by atoms with Crippen molar-refractivity contribution in [3.63, 3.8) is 0 Å². The summed E-state index contributed by atoms with van der Waals surface area (Å²) in [6.45, 7) is 2.07. The van der Waals surface area contributed by atoms with Gasteiger partial charge in [-0.15, -0.1) is 0 Å². The van der Waals surface area contributed by atoms with Crippen LogP contribution in [0.1, 0.15) is 18.6 Å². The monoisotopic (exact) mass is 165 g/mol. The molecule has 0 aliphatic rings. The van der Waals surface area contributed by atoms with Crippen LogP contribution >= 0.6 is 0 Å². The van der Waals surface area contributed by atoms with Crippen molar-refractivity contribution in [1.29, 1.82) is 0 Å². The molecule has 1 aromatic rings. The zero-order valence-electron chi connectivity index (χ0n) is 7.19. The second kappa shape index (κ2) is 4.91. The third-order valence-electron chi connectivity index (χ3n) is 1.72. The van der Waals surface area contributed by atoms with Crippen molar-refractivity contribution in [1.82, 2.24) is 0 Å². The van der Waals surface area contributed by atoms with Crippen LogP contribution in [0.3, 0.4) is 0 Å². The van der Waals surface area contributed by atoms with Gasteiger partial charge in [-0.25, -0.2) is 5.11 Å². The van der Waals surface area contributed by atoms with E-state index in [1.165, 1.54) is 0 Å². The zero-order chi connectivity index (χ0) is 8.81. The summed E-state index contributed by atoms with van der Waals surface area (Å²) in [5.74, 6) is 0. The van der Waals surface area contributed by atoms with E-state index in [9.17, 15) is 5.11 Å². The van der Waals surface area contributed by atoms with Gasteiger partial charge in [0.15, 0.2) is 0 Å². The molecule has 1 aromatic carbocycles. The Morgan fingerprint density at radius 3 is 2.58 bits per heavy atom. The fourth-order valence-electron chi connectivity index (χ4n) is 1.05. The molecule has 1 radical (unpaired) electrons. The minimum Gasteiger partial charge on any atom is -0.371 e. The van der Waals surface area contributed by atoms with E-state index < -0.39 is 0 Å². The lowest BCUT2D eigenvalue weighted by molar-refractivity contribution is 0.0201. The lowest BCUT2D eigenvalue weighted by Crippen LogP contribution is -2.03. The molecule has 0 spiro atoms. The van der Waals surface area contributed by atoms with E-state index in [4.69, 9.17) is 4.74 Å². The Labute approximate surface area is 72.8 Å². The molecule has 0 aliphatic heterocycles. The summed E-state index contributed by atoms with van der Waals surface area (Å²) < 4.78 is 5.26. The highest BCUT2D eigenvalue weighted by molar-refractivity contribution is 5.16. The molecular weight excluding hydrogens is 152 g/mol. The van der Waals surface area contributed by atoms with E-state index in [1.54, 1.807) is 0 Å². The highest BCUT2D eigenvalue weighted by Gasteiger charge is 2.02. The van der Waals surface area contributed by atoms with Crippen molar-refractivity contribution in [2.24, 2.45) is 0 Å². The van der Waals surface area contributed by atoms with Crippen molar-refractivity contribution in [2.75, 3.05) is 13.2 Å². The van der Waals surface area contributed by atoms with Crippen LogP contribution < -0.4 is 0 Å². The minimum atomic E-state index is -0.169. The van der Waals surface area contributed by atoms with Gasteiger partial charge in [-0.3, -0.25) is 0 Å². The molecule has 0 heterocycles. The Morgan fingerprint density at radius 2 is 2.00 bits per heavy atom. The Kier molecular flexibility index (Phi) is 3.77. The first-order chi connectivity index (χ1) is 5.84. The Bertz CT molecular complexity index is 208. The van der Waals surface area contributed by atoms with Crippen LogP contribution in [-0.2, 0) is 9.84 Å². The van der Waals surface area contributed by atoms with Crippen LogP contribution in [-0.4, -0.2) is 13.2 Å². The minimum absolute atomic E-state index is 0.0279. The van der Waals surface area contributed by atoms with Crippen LogP contribution in [0.15, 0.2) is 30.3 Å². The van der Waals surface area contributed by atoms with E-state index in [-0.39, 0.29) is 19.3 Å². The second-order valence-corrected chi connectivity index (χ2v) is 2.63. The topological polar surface area (TPSA) is 29.1 Å². The van der Waals surface area contributed by atoms with E-state index in [2.05, 4.69) is 0 Å². The van der Waals surface area contributed by atoms with Gasteiger partial charge in [0, 0.05) is 0 Å². The number of rotatable bonds is 4. The fourth-order valence-corrected chi connectivity index (χ4v) is 1.05. The summed E-state index contributed by atoms with van der Waals surface area (Å²) in [5, 5.41) is 10.1. The third kappa shape index (κ3) is 2.64. The van der Waals surface area contributed by atoms with E-state index in [0.29, 0.717) is 0 Å². The average molecular weight is 165 g/mol. The smallest absolute Gasteiger partial charge is 0.106 e. The molecule has 2 heteroatoms. The number of benzene rings is 1. The third-order valence-corrected chi connectivity index (χ3v) is 1.72. The molecule has 1 unspecified atom stereocenters. The van der Waals surface area contributed by atoms with Crippen LogP contribution in [0.5, 0.6) is 0 Å². The maximum Gasteiger partial charge on any atom is 0.106 e. The molecule has 0 aromatic heterocycles. The standard InChI is InChI=1S/C10H13O2/c1-9(12-8-7-11)10-5-3-2-4-6-10/h2-6,9H,7-8H2,1H3. The summed E-state index contributed by atoms with van der Waals surface area (Å²) in [5.41, 5.74) is 1.12. The summed E-state index contributed by atoms with van der Waals surface area (Å²) in [4.78, 5) is 0. The molecule has 0 amide bonds. The molecule has 0 N–H and O–H groups in total. The van der Waals surface area contributed by atoms with Gasteiger partial charge in [0.05, 0.1) is 12.7 Å². The predicted molar refractivity (Wildman–Crippen MR) is 46.4 cm³/mol. The van der Waals surface area contributed by atoms with Gasteiger partial charge in [-0.1, -0.05) is 30.3 Å². The van der Waals surface area contributed by atoms with Crippen LogP contribution in [0, 0.1) is 0 Å². The Hall–Kier alpha value is -0.860. The molecule has 65 valence electrons. The first kappa shape index (κ1) is 9.23. The molecule has 1 atom stereocenters. The maximum absolute atomic E-state index is 10.1. The van der Waals surface area contributed by atoms with Crippen molar-refractivity contribution in [3.8, 4) is 0 Å². The van der Waals surface area contributed by atoms with E-state index in [1.807, 2.05) is 37.3 Å². The normalized spacial score (nSPS) is 12.8. The van der Waals surface area contributed by atoms with Gasteiger partial charge in [0.1, 0.15) is 6.61 Å². The molecule has 0 bridgehead atoms. The quantitative estimate of drug-likeness (QED) is 0.672. The largest absolute Gasteiger partial charge is 0.371 e. The van der Waals surface area contributed by atoms with Crippen molar-refractivity contribution >= 4 is 0 Å². The van der Waals surface area contributed by atoms with Gasteiger partial charge in [-0.05, 0) is 12.5 Å². The van der Waals surface area contributed by atoms with Gasteiger partial charge >= 0.3 is 0 Å². The zero-order valence-corrected chi connectivity index (χ0v) is 7.19. The van der Waals surface area contributed by atoms with Crippen LogP contribution in [0.25, 0.3) is 0 Å². The first-order valence-corrected chi connectivity index (χ1v) is 4.09. The van der Waals surface area contributed by atoms with Gasteiger partial charge in [0.25, 0.3) is 0 Å². The number of hydrogen-bond acceptors (Lipinski definition) is 1. The first-order valence-electron chi connectivity index (χ1n) is 4.09. The summed E-state index contributed by atoms with van der Waals surface area (Å²) in [7, 11) is 0. The van der Waals surface area contributed by atoms with E-state index >= 15 is 0 Å². The van der Waals surface area contributed by atoms with Crippen LogP contribution in [0.2, 0.25) is 0 Å². The van der Waals surface area contributed by atoms with Gasteiger partial charge in [0.2, 0.25) is 0 Å². The molecule has 0 saturated carbocycles. The molecule has 0 saturated heterocycles. The van der Waals surface area contributed by atoms with Crippen LogP contribution in [0.4, 0.5) is 0 Å². The van der Waals surface area contributed by atoms with Crippen molar-refractivity contribution in [3.05, 3.63) is 35.9 Å². The Morgan fingerprint density at radius 1 is 1.33 bits per heavy atom. The lowest BCUT2D eigenvalue weighted by Gasteiger charge is -2.11. The highest BCUT2D eigenvalue weighted by Crippen LogP contribution is 2.14. The van der Waals surface area contributed by atoms with E-state index in [0.717, 1.165) is 5.56 Å². The highest BCUT2D eigenvalue weighted by atomic mass is 16.5. The summed E-state index contributed by atoms with van der Waals surface area (Å²) in [6.07, 6.45) is 0.0279. The molecule has 12 heavy (non-hydrogen) atoms. The molecule has 2 nitrogen and oxygen atoms in total. The SMILES string of the molecule is CC(OCC[O])c1ccccc1.